The lowest BCUT2D eigenvalue weighted by Gasteiger charge is -2.49. The first kappa shape index (κ1) is 36.7. The van der Waals surface area contributed by atoms with E-state index < -0.39 is 5.54 Å². The Labute approximate surface area is 366 Å². The van der Waals surface area contributed by atoms with E-state index in [1.807, 2.05) is 6.07 Å². The molecular formula is C60H42N2O. The van der Waals surface area contributed by atoms with Gasteiger partial charge in [-0.1, -0.05) is 182 Å². The van der Waals surface area contributed by atoms with Crippen molar-refractivity contribution in [1.82, 2.24) is 4.57 Å². The van der Waals surface area contributed by atoms with Gasteiger partial charge in [0.15, 0.2) is 0 Å². The maximum absolute atomic E-state index is 6.42. The van der Waals surface area contributed by atoms with Crippen LogP contribution in [0.5, 0.6) is 0 Å². The highest BCUT2D eigenvalue weighted by atomic mass is 16.3. The summed E-state index contributed by atoms with van der Waals surface area (Å²) < 4.78 is 8.81. The predicted molar refractivity (Wildman–Crippen MR) is 264 cm³/mol. The Balaban J connectivity index is 1.10. The molecule has 63 heavy (non-hydrogen) atoms. The molecule has 1 unspecified atom stereocenters. The number of nitrogens with zero attached hydrogens (tertiary/aromatic N) is 2. The fourth-order valence-corrected chi connectivity index (χ4v) is 10.2. The molecule has 2 heterocycles. The molecule has 298 valence electrons. The zero-order chi connectivity index (χ0) is 41.7. The summed E-state index contributed by atoms with van der Waals surface area (Å²) in [5.74, 6) is 0. The Morgan fingerprint density at radius 3 is 1.86 bits per heavy atom. The van der Waals surface area contributed by atoms with E-state index in [2.05, 4.69) is 246 Å². The molecule has 1 aliphatic carbocycles. The first-order valence-corrected chi connectivity index (χ1v) is 21.7. The third-order valence-electron chi connectivity index (χ3n) is 12.9. The number of para-hydroxylation sites is 3. The summed E-state index contributed by atoms with van der Waals surface area (Å²) >= 11 is 0. The zero-order valence-electron chi connectivity index (χ0n) is 34.6. The molecule has 11 aromatic rings. The van der Waals surface area contributed by atoms with Gasteiger partial charge in [-0.05, 0) is 106 Å². The number of aromatic nitrogens is 1. The van der Waals surface area contributed by atoms with Gasteiger partial charge in [-0.25, -0.2) is 0 Å². The Morgan fingerprint density at radius 2 is 1.05 bits per heavy atom. The van der Waals surface area contributed by atoms with Crippen molar-refractivity contribution in [2.45, 2.75) is 12.0 Å². The molecular weight excluding hydrogens is 765 g/mol. The Bertz CT molecular complexity index is 3520. The lowest BCUT2D eigenvalue weighted by atomic mass is 9.70. The summed E-state index contributed by atoms with van der Waals surface area (Å²) in [6.45, 7) is 0. The van der Waals surface area contributed by atoms with Crippen LogP contribution in [0.4, 0.5) is 11.4 Å². The molecule has 0 bridgehead atoms. The zero-order valence-corrected chi connectivity index (χ0v) is 34.6. The molecule has 0 saturated heterocycles. The minimum atomic E-state index is -0.674. The molecule has 2 aromatic heterocycles. The van der Waals surface area contributed by atoms with E-state index in [9.17, 15) is 0 Å². The molecule has 3 heteroatoms. The summed E-state index contributed by atoms with van der Waals surface area (Å²) in [4.78, 5) is 2.60. The van der Waals surface area contributed by atoms with Crippen molar-refractivity contribution >= 4 is 60.7 Å². The lowest BCUT2D eigenvalue weighted by molar-refractivity contribution is 0.568. The molecule has 1 atom stereocenters. The van der Waals surface area contributed by atoms with Crippen molar-refractivity contribution in [1.29, 1.82) is 0 Å². The second-order valence-corrected chi connectivity index (χ2v) is 16.4. The van der Waals surface area contributed by atoms with E-state index in [0.717, 1.165) is 51.0 Å². The fraction of sp³-hybridized carbons (Fsp3) is 0.0333. The van der Waals surface area contributed by atoms with Crippen LogP contribution in [0, 0.1) is 0 Å². The van der Waals surface area contributed by atoms with Gasteiger partial charge in [0, 0.05) is 38.6 Å². The van der Waals surface area contributed by atoms with E-state index in [1.165, 1.54) is 55.2 Å². The van der Waals surface area contributed by atoms with Gasteiger partial charge in [0.2, 0.25) is 0 Å². The van der Waals surface area contributed by atoms with Gasteiger partial charge in [0.05, 0.1) is 11.0 Å². The van der Waals surface area contributed by atoms with E-state index in [-0.39, 0.29) is 0 Å². The van der Waals surface area contributed by atoms with Gasteiger partial charge in [-0.15, -0.1) is 0 Å². The minimum Gasteiger partial charge on any atom is -0.456 e. The van der Waals surface area contributed by atoms with Crippen LogP contribution in [0.3, 0.4) is 0 Å². The molecule has 0 fully saturated rings. The molecule has 12 rings (SSSR count). The van der Waals surface area contributed by atoms with Crippen molar-refractivity contribution in [3.05, 3.63) is 254 Å². The number of anilines is 2. The third-order valence-corrected chi connectivity index (χ3v) is 12.9. The number of furan rings is 1. The second kappa shape index (κ2) is 15.1. The van der Waals surface area contributed by atoms with Crippen molar-refractivity contribution in [2.75, 3.05) is 4.90 Å². The van der Waals surface area contributed by atoms with Crippen molar-refractivity contribution in [3.8, 4) is 27.9 Å². The standard InChI is InChI=1S/C60H42N2O/c1-4-18-43(19-5-1)49-24-10-13-28-55(49)60(39-17-16-27-54(60)44-20-6-2-7-21-44)62(48-36-38-59-53(41-48)52-26-12-15-30-58(52)63-59)47-34-31-42(32-35-47)45-33-37-51-50-25-11-14-29-56(50)61(57(51)40-45)46-22-8-3-9-23-46/h1-38,40-41H,39H2. The highest BCUT2D eigenvalue weighted by Gasteiger charge is 2.45. The van der Waals surface area contributed by atoms with Crippen molar-refractivity contribution < 1.29 is 4.42 Å². The van der Waals surface area contributed by atoms with Crippen LogP contribution in [-0.4, -0.2) is 4.57 Å². The molecule has 0 amide bonds. The van der Waals surface area contributed by atoms with Crippen molar-refractivity contribution in [3.63, 3.8) is 0 Å². The topological polar surface area (TPSA) is 21.3 Å². The van der Waals surface area contributed by atoms with E-state index in [4.69, 9.17) is 4.42 Å². The monoisotopic (exact) mass is 806 g/mol. The quantitative estimate of drug-likeness (QED) is 0.153. The predicted octanol–water partition coefficient (Wildman–Crippen LogP) is 16.1. The molecule has 0 N–H and O–H groups in total. The van der Waals surface area contributed by atoms with Gasteiger partial charge in [-0.3, -0.25) is 0 Å². The maximum atomic E-state index is 6.42. The van der Waals surface area contributed by atoms with Crippen LogP contribution in [-0.2, 0) is 5.54 Å². The smallest absolute Gasteiger partial charge is 0.135 e. The summed E-state index contributed by atoms with van der Waals surface area (Å²) in [6, 6.07) is 81.4. The molecule has 0 aliphatic heterocycles. The number of hydrogen-bond acceptors (Lipinski definition) is 2. The number of benzene rings is 9. The molecule has 1 aliphatic rings. The Hall–Kier alpha value is -8.14. The number of rotatable bonds is 8. The number of fused-ring (bicyclic) bond motifs is 6. The number of allylic oxidation sites excluding steroid dienone is 2. The minimum absolute atomic E-state index is 0.674. The molecule has 9 aromatic carbocycles. The number of hydrogen-bond donors (Lipinski definition) is 0. The summed E-state index contributed by atoms with van der Waals surface area (Å²) in [6.07, 6.45) is 7.63. The summed E-state index contributed by atoms with van der Waals surface area (Å²) in [5.41, 5.74) is 15.2. The van der Waals surface area contributed by atoms with Gasteiger partial charge < -0.3 is 13.9 Å². The first-order chi connectivity index (χ1) is 31.2. The molecule has 0 radical (unpaired) electrons. The van der Waals surface area contributed by atoms with E-state index in [1.54, 1.807) is 0 Å². The SMILES string of the molecule is C1=CCC(c2ccccc2-c2ccccc2)(N(c2ccc(-c3ccc4c5ccccc5n(-c5ccccc5)c4c3)cc2)c2ccc3oc4ccccc4c3c2)C(c2ccccc2)=C1. The van der Waals surface area contributed by atoms with Crippen LogP contribution < -0.4 is 4.90 Å². The molecule has 0 saturated carbocycles. The largest absolute Gasteiger partial charge is 0.456 e. The van der Waals surface area contributed by atoms with Crippen LogP contribution >= 0.6 is 0 Å². The third kappa shape index (κ3) is 6.04. The van der Waals surface area contributed by atoms with Gasteiger partial charge >= 0.3 is 0 Å². The van der Waals surface area contributed by atoms with Gasteiger partial charge in [0.25, 0.3) is 0 Å². The van der Waals surface area contributed by atoms with Crippen LogP contribution in [0.2, 0.25) is 0 Å². The van der Waals surface area contributed by atoms with Crippen LogP contribution in [0.15, 0.2) is 247 Å². The summed E-state index contributed by atoms with van der Waals surface area (Å²) in [7, 11) is 0. The normalized spacial score (nSPS) is 15.0. The highest BCUT2D eigenvalue weighted by Crippen LogP contribution is 2.54. The Morgan fingerprint density at radius 1 is 0.429 bits per heavy atom. The molecule has 3 nitrogen and oxygen atoms in total. The average Bonchev–Trinajstić information content (AvgIpc) is 3.90. The second-order valence-electron chi connectivity index (χ2n) is 16.4. The highest BCUT2D eigenvalue weighted by molar-refractivity contribution is 6.10. The maximum Gasteiger partial charge on any atom is 0.135 e. The van der Waals surface area contributed by atoms with Crippen LogP contribution in [0.1, 0.15) is 17.5 Å². The fourth-order valence-electron chi connectivity index (χ4n) is 10.2. The summed E-state index contributed by atoms with van der Waals surface area (Å²) in [5, 5.41) is 4.69. The van der Waals surface area contributed by atoms with Gasteiger partial charge in [-0.2, -0.15) is 0 Å². The van der Waals surface area contributed by atoms with Crippen molar-refractivity contribution in [2.24, 2.45) is 0 Å². The molecule has 0 spiro atoms. The first-order valence-electron chi connectivity index (χ1n) is 21.7. The van der Waals surface area contributed by atoms with Crippen LogP contribution in [0.25, 0.3) is 77.3 Å². The van der Waals surface area contributed by atoms with Gasteiger partial charge in [0.1, 0.15) is 16.7 Å². The average molecular weight is 807 g/mol. The Kier molecular flexibility index (Phi) is 8.79. The lowest BCUT2D eigenvalue weighted by Crippen LogP contribution is -2.45. The van der Waals surface area contributed by atoms with E-state index >= 15 is 0 Å². The van der Waals surface area contributed by atoms with E-state index in [0.29, 0.717) is 0 Å².